The summed E-state index contributed by atoms with van der Waals surface area (Å²) in [6.07, 6.45) is 5.46. The van der Waals surface area contributed by atoms with E-state index in [-0.39, 0.29) is 0 Å². The van der Waals surface area contributed by atoms with Crippen LogP contribution in [0.2, 0.25) is 0 Å². The average molecular weight is 450 g/mol. The minimum Gasteiger partial charge on any atom is -0.383 e. The highest BCUT2D eigenvalue weighted by molar-refractivity contribution is 7.07. The summed E-state index contributed by atoms with van der Waals surface area (Å²) in [5.74, 6) is 0.675. The van der Waals surface area contributed by atoms with Crippen LogP contribution in [0.25, 0.3) is 0 Å². The molecule has 1 aromatic carbocycles. The van der Waals surface area contributed by atoms with Crippen molar-refractivity contribution in [1.29, 1.82) is 0 Å². The van der Waals surface area contributed by atoms with Crippen LogP contribution in [-0.2, 0) is 24.2 Å². The summed E-state index contributed by atoms with van der Waals surface area (Å²) in [6.45, 7) is 5.98. The first-order valence-corrected chi connectivity index (χ1v) is 12.7. The van der Waals surface area contributed by atoms with E-state index in [1.54, 1.807) is 18.4 Å². The number of piperidine rings is 1. The zero-order valence-electron chi connectivity index (χ0n) is 19.1. The van der Waals surface area contributed by atoms with Crippen LogP contribution in [0, 0.1) is 5.92 Å². The SMILES string of the molecule is COCCN(Cc1ccccn1)[C@H](Cc1ccccc1)C1CCN(Cc2ccsc2)CC1. The third-order valence-electron chi connectivity index (χ3n) is 6.59. The Balaban J connectivity index is 1.48. The van der Waals surface area contributed by atoms with Gasteiger partial charge in [0, 0.05) is 39.0 Å². The van der Waals surface area contributed by atoms with Crippen molar-refractivity contribution in [1.82, 2.24) is 14.8 Å². The minimum atomic E-state index is 0.484. The van der Waals surface area contributed by atoms with Gasteiger partial charge < -0.3 is 4.74 Å². The second-order valence-corrected chi connectivity index (χ2v) is 9.57. The summed E-state index contributed by atoms with van der Waals surface area (Å²) < 4.78 is 5.50. The van der Waals surface area contributed by atoms with E-state index in [1.165, 1.54) is 37.1 Å². The fourth-order valence-electron chi connectivity index (χ4n) is 4.86. The van der Waals surface area contributed by atoms with E-state index in [2.05, 4.69) is 74.1 Å². The maximum Gasteiger partial charge on any atom is 0.0589 e. The molecule has 0 unspecified atom stereocenters. The first-order valence-electron chi connectivity index (χ1n) is 11.7. The number of nitrogens with zero attached hydrogens (tertiary/aromatic N) is 3. The van der Waals surface area contributed by atoms with Gasteiger partial charge in [-0.3, -0.25) is 14.8 Å². The average Bonchev–Trinajstić information content (AvgIpc) is 3.35. The molecule has 170 valence electrons. The Bertz CT molecular complexity index is 880. The first-order chi connectivity index (χ1) is 15.8. The van der Waals surface area contributed by atoms with E-state index < -0.39 is 0 Å². The molecule has 4 rings (SSSR count). The highest BCUT2D eigenvalue weighted by atomic mass is 32.1. The molecule has 1 saturated heterocycles. The standard InChI is InChI=1S/C27H35N3OS/c1-31-17-16-30(21-26-9-5-6-13-28-26)27(19-23-7-3-2-4-8-23)25-10-14-29(15-11-25)20-24-12-18-32-22-24/h2-9,12-13,18,22,25,27H,10-11,14-17,19-21H2,1H3/t27-/m1/s1. The number of pyridine rings is 1. The van der Waals surface area contributed by atoms with Crippen molar-refractivity contribution >= 4 is 11.3 Å². The number of methoxy groups -OCH3 is 1. The molecule has 1 aliphatic heterocycles. The van der Waals surface area contributed by atoms with Gasteiger partial charge in [0.2, 0.25) is 0 Å². The molecule has 1 atom stereocenters. The van der Waals surface area contributed by atoms with E-state index in [4.69, 9.17) is 4.74 Å². The second-order valence-electron chi connectivity index (χ2n) is 8.79. The van der Waals surface area contributed by atoms with E-state index in [0.29, 0.717) is 12.0 Å². The number of hydrogen-bond acceptors (Lipinski definition) is 5. The Kier molecular flexibility index (Phi) is 8.86. The van der Waals surface area contributed by atoms with Crippen molar-refractivity contribution in [2.75, 3.05) is 33.4 Å². The Morgan fingerprint density at radius 2 is 1.88 bits per heavy atom. The van der Waals surface area contributed by atoms with Gasteiger partial charge in [-0.25, -0.2) is 0 Å². The zero-order chi connectivity index (χ0) is 22.0. The molecule has 3 aromatic rings. The number of benzene rings is 1. The second kappa shape index (κ2) is 12.3. The molecule has 0 amide bonds. The molecule has 1 fully saturated rings. The van der Waals surface area contributed by atoms with Crippen molar-refractivity contribution in [3.8, 4) is 0 Å². The van der Waals surface area contributed by atoms with Crippen LogP contribution in [0.4, 0.5) is 0 Å². The lowest BCUT2D eigenvalue weighted by Crippen LogP contribution is -2.47. The van der Waals surface area contributed by atoms with Gasteiger partial charge in [-0.1, -0.05) is 36.4 Å². The van der Waals surface area contributed by atoms with Crippen LogP contribution in [0.5, 0.6) is 0 Å². The summed E-state index contributed by atoms with van der Waals surface area (Å²) >= 11 is 1.80. The van der Waals surface area contributed by atoms with Gasteiger partial charge >= 0.3 is 0 Å². The normalized spacial score (nSPS) is 16.4. The van der Waals surface area contributed by atoms with Gasteiger partial charge in [0.25, 0.3) is 0 Å². The molecule has 4 nitrogen and oxygen atoms in total. The zero-order valence-corrected chi connectivity index (χ0v) is 19.9. The molecule has 0 saturated carbocycles. The predicted octanol–water partition coefficient (Wildman–Crippen LogP) is 5.12. The van der Waals surface area contributed by atoms with Crippen molar-refractivity contribution in [3.05, 3.63) is 88.4 Å². The number of rotatable bonds is 11. The number of thiophene rings is 1. The van der Waals surface area contributed by atoms with Crippen molar-refractivity contribution < 1.29 is 4.74 Å². The van der Waals surface area contributed by atoms with Crippen LogP contribution in [0.15, 0.2) is 71.6 Å². The summed E-state index contributed by atoms with van der Waals surface area (Å²) in [6, 6.07) is 19.9. The summed E-state index contributed by atoms with van der Waals surface area (Å²) in [5, 5.41) is 4.47. The smallest absolute Gasteiger partial charge is 0.0589 e. The Hall–Kier alpha value is -2.05. The van der Waals surface area contributed by atoms with Gasteiger partial charge in [0.15, 0.2) is 0 Å². The van der Waals surface area contributed by atoms with Crippen LogP contribution in [-0.4, -0.2) is 54.2 Å². The summed E-state index contributed by atoms with van der Waals surface area (Å²) in [4.78, 5) is 9.87. The lowest BCUT2D eigenvalue weighted by atomic mass is 9.84. The summed E-state index contributed by atoms with van der Waals surface area (Å²) in [7, 11) is 1.80. The Morgan fingerprint density at radius 1 is 1.06 bits per heavy atom. The molecule has 0 aliphatic carbocycles. The van der Waals surface area contributed by atoms with E-state index >= 15 is 0 Å². The quantitative estimate of drug-likeness (QED) is 0.406. The summed E-state index contributed by atoms with van der Waals surface area (Å²) in [5.41, 5.74) is 4.00. The highest BCUT2D eigenvalue weighted by Crippen LogP contribution is 2.29. The minimum absolute atomic E-state index is 0.484. The maximum atomic E-state index is 5.50. The molecular formula is C27H35N3OS. The molecule has 0 N–H and O–H groups in total. The monoisotopic (exact) mass is 449 g/mol. The lowest BCUT2D eigenvalue weighted by molar-refractivity contribution is 0.0564. The van der Waals surface area contributed by atoms with Crippen LogP contribution in [0.3, 0.4) is 0 Å². The van der Waals surface area contributed by atoms with E-state index in [1.807, 2.05) is 12.3 Å². The molecule has 2 aromatic heterocycles. The van der Waals surface area contributed by atoms with Gasteiger partial charge in [0.1, 0.15) is 0 Å². The predicted molar refractivity (Wildman–Crippen MR) is 133 cm³/mol. The molecule has 0 radical (unpaired) electrons. The van der Waals surface area contributed by atoms with Crippen molar-refractivity contribution in [3.63, 3.8) is 0 Å². The van der Waals surface area contributed by atoms with E-state index in [9.17, 15) is 0 Å². The number of aromatic nitrogens is 1. The molecule has 32 heavy (non-hydrogen) atoms. The van der Waals surface area contributed by atoms with Crippen LogP contribution < -0.4 is 0 Å². The van der Waals surface area contributed by atoms with E-state index in [0.717, 1.165) is 38.4 Å². The Labute approximate surface area is 196 Å². The van der Waals surface area contributed by atoms with Crippen molar-refractivity contribution in [2.45, 2.75) is 38.4 Å². The first kappa shape index (κ1) is 23.1. The van der Waals surface area contributed by atoms with Gasteiger partial charge in [-0.05, 0) is 78.4 Å². The van der Waals surface area contributed by atoms with Gasteiger partial charge in [-0.2, -0.15) is 11.3 Å². The highest BCUT2D eigenvalue weighted by Gasteiger charge is 2.31. The fourth-order valence-corrected chi connectivity index (χ4v) is 5.52. The van der Waals surface area contributed by atoms with Gasteiger partial charge in [-0.15, -0.1) is 0 Å². The molecular weight excluding hydrogens is 414 g/mol. The molecule has 0 spiro atoms. The third-order valence-corrected chi connectivity index (χ3v) is 7.33. The van der Waals surface area contributed by atoms with Crippen LogP contribution >= 0.6 is 11.3 Å². The molecule has 5 heteroatoms. The van der Waals surface area contributed by atoms with Crippen molar-refractivity contribution in [2.24, 2.45) is 5.92 Å². The topological polar surface area (TPSA) is 28.6 Å². The van der Waals surface area contributed by atoms with Crippen LogP contribution in [0.1, 0.15) is 29.7 Å². The number of likely N-dealkylation sites (tertiary alicyclic amines) is 1. The maximum absolute atomic E-state index is 5.50. The Morgan fingerprint density at radius 3 is 2.56 bits per heavy atom. The van der Waals surface area contributed by atoms with Gasteiger partial charge in [0.05, 0.1) is 12.3 Å². The molecule has 3 heterocycles. The fraction of sp³-hybridized carbons (Fsp3) is 0.444. The largest absolute Gasteiger partial charge is 0.383 e. The third kappa shape index (κ3) is 6.72. The number of hydrogen-bond donors (Lipinski definition) is 0. The molecule has 0 bridgehead atoms. The number of ether oxygens (including phenoxy) is 1. The lowest BCUT2D eigenvalue weighted by Gasteiger charge is -2.41. The molecule has 1 aliphatic rings.